The van der Waals surface area contributed by atoms with E-state index in [2.05, 4.69) is 10.6 Å². The number of carbonyl (C=O) groups excluding carboxylic acids is 2. The smallest absolute Gasteiger partial charge is 0.320 e. The zero-order chi connectivity index (χ0) is 13.5. The summed E-state index contributed by atoms with van der Waals surface area (Å²) in [6.45, 7) is 10.3. The van der Waals surface area contributed by atoms with E-state index in [0.29, 0.717) is 12.5 Å². The maximum atomic E-state index is 11.3. The van der Waals surface area contributed by atoms with Crippen LogP contribution >= 0.6 is 0 Å². The van der Waals surface area contributed by atoms with Gasteiger partial charge in [0.1, 0.15) is 5.60 Å². The summed E-state index contributed by atoms with van der Waals surface area (Å²) in [5.41, 5.74) is -0.487. The third kappa shape index (κ3) is 11.2. The number of rotatable bonds is 6. The first kappa shape index (κ1) is 15.9. The summed E-state index contributed by atoms with van der Waals surface area (Å²) in [7, 11) is 0. The highest BCUT2D eigenvalue weighted by atomic mass is 16.6. The predicted molar refractivity (Wildman–Crippen MR) is 66.6 cm³/mol. The van der Waals surface area contributed by atoms with E-state index in [1.807, 2.05) is 13.8 Å². The molecule has 17 heavy (non-hydrogen) atoms. The number of nitrogens with one attached hydrogen (secondary N) is 2. The van der Waals surface area contributed by atoms with Gasteiger partial charge in [0.05, 0.1) is 13.1 Å². The zero-order valence-electron chi connectivity index (χ0n) is 11.4. The topological polar surface area (TPSA) is 67.4 Å². The van der Waals surface area contributed by atoms with Crippen LogP contribution in [0, 0.1) is 5.92 Å². The normalized spacial score (nSPS) is 11.4. The van der Waals surface area contributed by atoms with Gasteiger partial charge in [-0.1, -0.05) is 13.8 Å². The molecule has 0 fully saturated rings. The fourth-order valence-corrected chi connectivity index (χ4v) is 1.04. The molecule has 0 aliphatic carbocycles. The number of hydrogen-bond donors (Lipinski definition) is 2. The van der Waals surface area contributed by atoms with E-state index in [-0.39, 0.29) is 25.0 Å². The molecule has 0 heterocycles. The van der Waals surface area contributed by atoms with Crippen LogP contribution in [0.4, 0.5) is 0 Å². The van der Waals surface area contributed by atoms with E-state index in [0.717, 1.165) is 0 Å². The van der Waals surface area contributed by atoms with Crippen molar-refractivity contribution >= 4 is 11.9 Å². The first-order chi connectivity index (χ1) is 7.70. The van der Waals surface area contributed by atoms with Crippen molar-refractivity contribution in [1.29, 1.82) is 0 Å². The minimum atomic E-state index is -0.487. The number of amides is 1. The van der Waals surface area contributed by atoms with E-state index < -0.39 is 5.60 Å². The summed E-state index contributed by atoms with van der Waals surface area (Å²) in [6.07, 6.45) is 0. The van der Waals surface area contributed by atoms with E-state index in [4.69, 9.17) is 4.74 Å². The first-order valence-electron chi connectivity index (χ1n) is 5.90. The van der Waals surface area contributed by atoms with Crippen molar-refractivity contribution in [3.63, 3.8) is 0 Å². The van der Waals surface area contributed by atoms with Gasteiger partial charge in [0, 0.05) is 6.54 Å². The summed E-state index contributed by atoms with van der Waals surface area (Å²) in [6, 6.07) is 0. The Morgan fingerprint density at radius 2 is 1.76 bits per heavy atom. The molecule has 2 N–H and O–H groups in total. The molecule has 0 atom stereocenters. The highest BCUT2D eigenvalue weighted by molar-refractivity contribution is 5.79. The summed E-state index contributed by atoms with van der Waals surface area (Å²) in [4.78, 5) is 22.6. The molecule has 1 amide bonds. The molecule has 0 radical (unpaired) electrons. The predicted octanol–water partition coefficient (Wildman–Crippen LogP) is 0.690. The molecule has 0 aliphatic heterocycles. The van der Waals surface area contributed by atoms with Crippen molar-refractivity contribution in [2.45, 2.75) is 40.2 Å². The van der Waals surface area contributed by atoms with E-state index in [9.17, 15) is 9.59 Å². The van der Waals surface area contributed by atoms with Crippen LogP contribution in [0.3, 0.4) is 0 Å². The lowest BCUT2D eigenvalue weighted by Crippen LogP contribution is -2.39. The van der Waals surface area contributed by atoms with Gasteiger partial charge in [-0.05, 0) is 26.7 Å². The van der Waals surface area contributed by atoms with Crippen LogP contribution in [-0.2, 0) is 14.3 Å². The van der Waals surface area contributed by atoms with Crippen LogP contribution < -0.4 is 10.6 Å². The maximum absolute atomic E-state index is 11.3. The first-order valence-corrected chi connectivity index (χ1v) is 5.90. The summed E-state index contributed by atoms with van der Waals surface area (Å²) in [5.74, 6) is -0.0405. The molecule has 0 saturated heterocycles. The molecule has 0 bridgehead atoms. The summed E-state index contributed by atoms with van der Waals surface area (Å²) >= 11 is 0. The Bertz CT molecular complexity index is 257. The highest BCUT2D eigenvalue weighted by Gasteiger charge is 2.15. The van der Waals surface area contributed by atoms with Crippen molar-refractivity contribution in [3.8, 4) is 0 Å². The minimum Gasteiger partial charge on any atom is -0.459 e. The fraction of sp³-hybridized carbons (Fsp3) is 0.833. The van der Waals surface area contributed by atoms with Crippen molar-refractivity contribution in [1.82, 2.24) is 10.6 Å². The number of esters is 1. The largest absolute Gasteiger partial charge is 0.459 e. The Morgan fingerprint density at radius 1 is 1.18 bits per heavy atom. The van der Waals surface area contributed by atoms with Crippen LogP contribution in [0.15, 0.2) is 0 Å². The number of hydrogen-bond acceptors (Lipinski definition) is 4. The number of ether oxygens (including phenoxy) is 1. The van der Waals surface area contributed by atoms with E-state index in [1.165, 1.54) is 0 Å². The maximum Gasteiger partial charge on any atom is 0.320 e. The zero-order valence-corrected chi connectivity index (χ0v) is 11.4. The Kier molecular flexibility index (Phi) is 6.80. The van der Waals surface area contributed by atoms with E-state index in [1.54, 1.807) is 20.8 Å². The molecule has 0 aromatic heterocycles. The summed E-state index contributed by atoms with van der Waals surface area (Å²) < 4.78 is 5.08. The lowest BCUT2D eigenvalue weighted by Gasteiger charge is -2.19. The van der Waals surface area contributed by atoms with Gasteiger partial charge in [0.2, 0.25) is 5.91 Å². The van der Waals surface area contributed by atoms with Crippen molar-refractivity contribution < 1.29 is 14.3 Å². The lowest BCUT2D eigenvalue weighted by molar-refractivity contribution is -0.153. The van der Waals surface area contributed by atoms with Crippen molar-refractivity contribution in [2.75, 3.05) is 19.6 Å². The van der Waals surface area contributed by atoms with Crippen LogP contribution in [0.2, 0.25) is 0 Å². The molecule has 0 rings (SSSR count). The fourth-order valence-electron chi connectivity index (χ4n) is 1.04. The SMILES string of the molecule is CC(C)CNC(=O)CNCC(=O)OC(C)(C)C. The van der Waals surface area contributed by atoms with Crippen LogP contribution in [0.1, 0.15) is 34.6 Å². The molecule has 5 heteroatoms. The monoisotopic (exact) mass is 244 g/mol. The highest BCUT2D eigenvalue weighted by Crippen LogP contribution is 2.05. The van der Waals surface area contributed by atoms with Gasteiger partial charge >= 0.3 is 5.97 Å². The second kappa shape index (κ2) is 7.27. The van der Waals surface area contributed by atoms with E-state index >= 15 is 0 Å². The molecule has 5 nitrogen and oxygen atoms in total. The molecule has 0 saturated carbocycles. The van der Waals surface area contributed by atoms with Crippen LogP contribution in [-0.4, -0.2) is 37.1 Å². The molecule has 0 spiro atoms. The molecule has 100 valence electrons. The third-order valence-corrected chi connectivity index (χ3v) is 1.68. The molecule has 0 aromatic rings. The van der Waals surface area contributed by atoms with Crippen molar-refractivity contribution in [2.24, 2.45) is 5.92 Å². The average molecular weight is 244 g/mol. The molecule has 0 aliphatic rings. The van der Waals surface area contributed by atoms with Crippen LogP contribution in [0.25, 0.3) is 0 Å². The van der Waals surface area contributed by atoms with Gasteiger partial charge in [0.15, 0.2) is 0 Å². The van der Waals surface area contributed by atoms with Gasteiger partial charge in [-0.25, -0.2) is 0 Å². The Labute approximate surface area is 103 Å². The Morgan fingerprint density at radius 3 is 2.24 bits per heavy atom. The number of carbonyl (C=O) groups is 2. The quantitative estimate of drug-likeness (QED) is 0.675. The van der Waals surface area contributed by atoms with Gasteiger partial charge in [-0.15, -0.1) is 0 Å². The molecular weight excluding hydrogens is 220 g/mol. The second-order valence-electron chi connectivity index (χ2n) is 5.39. The van der Waals surface area contributed by atoms with Gasteiger partial charge in [-0.3, -0.25) is 14.9 Å². The average Bonchev–Trinajstić information content (AvgIpc) is 2.11. The standard InChI is InChI=1S/C12H24N2O3/c1-9(2)6-14-10(15)7-13-8-11(16)17-12(3,4)5/h9,13H,6-8H2,1-5H3,(H,14,15). The summed E-state index contributed by atoms with van der Waals surface area (Å²) in [5, 5.41) is 5.50. The Hall–Kier alpha value is -1.10. The van der Waals surface area contributed by atoms with Gasteiger partial charge in [0.25, 0.3) is 0 Å². The second-order valence-corrected chi connectivity index (χ2v) is 5.39. The molecule has 0 aromatic carbocycles. The van der Waals surface area contributed by atoms with Gasteiger partial charge in [-0.2, -0.15) is 0 Å². The molecular formula is C12H24N2O3. The van der Waals surface area contributed by atoms with Crippen molar-refractivity contribution in [3.05, 3.63) is 0 Å². The lowest BCUT2D eigenvalue weighted by atomic mass is 10.2. The van der Waals surface area contributed by atoms with Crippen LogP contribution in [0.5, 0.6) is 0 Å². The Balaban J connectivity index is 3.63. The molecule has 0 unspecified atom stereocenters. The third-order valence-electron chi connectivity index (χ3n) is 1.68. The van der Waals surface area contributed by atoms with Gasteiger partial charge < -0.3 is 10.1 Å². The minimum absolute atomic E-state index is 0.0480.